The fraction of sp³-hybridized carbons (Fsp3) is 0.700. The van der Waals surface area contributed by atoms with Crippen LogP contribution in [0.3, 0.4) is 0 Å². The van der Waals surface area contributed by atoms with Crippen molar-refractivity contribution in [1.82, 2.24) is 4.90 Å². The molecule has 0 atom stereocenters. The number of aliphatic carboxylic acids is 1. The molecule has 0 saturated carbocycles. The number of carboxylic acid groups (broad SMARTS) is 1. The minimum Gasteiger partial charge on any atom is -0.478 e. The molecule has 3 fully saturated rings. The van der Waals surface area contributed by atoms with Gasteiger partial charge in [0.2, 0.25) is 0 Å². The topological polar surface area (TPSA) is 40.5 Å². The Morgan fingerprint density at radius 1 is 1.23 bits per heavy atom. The monoisotopic (exact) mass is 181 g/mol. The van der Waals surface area contributed by atoms with E-state index in [0.29, 0.717) is 0 Å². The number of nitrogens with zero attached hydrogens (tertiary/aromatic N) is 1. The highest BCUT2D eigenvalue weighted by Crippen LogP contribution is 2.41. The van der Waals surface area contributed by atoms with Crippen LogP contribution in [0.1, 0.15) is 19.3 Å². The third-order valence-corrected chi connectivity index (χ3v) is 3.36. The van der Waals surface area contributed by atoms with Gasteiger partial charge in [0.05, 0.1) is 0 Å². The Balaban J connectivity index is 2.06. The Labute approximate surface area is 78.0 Å². The largest absolute Gasteiger partial charge is 0.478 e. The predicted molar refractivity (Wildman–Crippen MR) is 49.5 cm³/mol. The van der Waals surface area contributed by atoms with Crippen molar-refractivity contribution in [2.75, 3.05) is 19.6 Å². The number of hydrogen-bond acceptors (Lipinski definition) is 2. The molecule has 0 aromatic rings. The van der Waals surface area contributed by atoms with E-state index in [1.54, 1.807) is 0 Å². The second kappa shape index (κ2) is 3.14. The van der Waals surface area contributed by atoms with Crippen LogP contribution >= 0.6 is 0 Å². The highest BCUT2D eigenvalue weighted by Gasteiger charge is 2.37. The maximum absolute atomic E-state index is 10.4. The van der Waals surface area contributed by atoms with Crippen molar-refractivity contribution in [3.8, 4) is 0 Å². The molecule has 3 rings (SSSR count). The SMILES string of the molecule is O=C(O)/C=C\C12CCN(CC1)CC2. The summed E-state index contributed by atoms with van der Waals surface area (Å²) in [6.45, 7) is 3.43. The third-order valence-electron chi connectivity index (χ3n) is 3.36. The summed E-state index contributed by atoms with van der Waals surface area (Å²) in [6, 6.07) is 0. The van der Waals surface area contributed by atoms with E-state index in [4.69, 9.17) is 5.11 Å². The Hall–Kier alpha value is -0.830. The average molecular weight is 181 g/mol. The lowest BCUT2D eigenvalue weighted by molar-refractivity contribution is -0.131. The lowest BCUT2D eigenvalue weighted by Gasteiger charge is -2.46. The van der Waals surface area contributed by atoms with Gasteiger partial charge in [-0.05, 0) is 44.3 Å². The minimum absolute atomic E-state index is 0.215. The molecule has 2 bridgehead atoms. The second-order valence-electron chi connectivity index (χ2n) is 4.13. The first-order valence-electron chi connectivity index (χ1n) is 4.85. The summed E-state index contributed by atoms with van der Waals surface area (Å²) in [5, 5.41) is 8.57. The van der Waals surface area contributed by atoms with E-state index in [1.165, 1.54) is 6.08 Å². The molecule has 3 saturated heterocycles. The summed E-state index contributed by atoms with van der Waals surface area (Å²) in [7, 11) is 0. The molecule has 0 aromatic carbocycles. The second-order valence-corrected chi connectivity index (χ2v) is 4.13. The summed E-state index contributed by atoms with van der Waals surface area (Å²) >= 11 is 0. The van der Waals surface area contributed by atoms with E-state index in [-0.39, 0.29) is 5.41 Å². The fourth-order valence-electron chi connectivity index (χ4n) is 2.35. The molecular formula is C10H15NO2. The van der Waals surface area contributed by atoms with E-state index in [9.17, 15) is 4.79 Å². The summed E-state index contributed by atoms with van der Waals surface area (Å²) in [5.74, 6) is -0.817. The number of fused-ring (bicyclic) bond motifs is 3. The van der Waals surface area contributed by atoms with Crippen molar-refractivity contribution in [2.45, 2.75) is 19.3 Å². The first-order chi connectivity index (χ1) is 6.20. The van der Waals surface area contributed by atoms with Crippen molar-refractivity contribution in [1.29, 1.82) is 0 Å². The van der Waals surface area contributed by atoms with Crippen LogP contribution in [-0.4, -0.2) is 35.6 Å². The first-order valence-corrected chi connectivity index (χ1v) is 4.85. The summed E-state index contributed by atoms with van der Waals surface area (Å²) in [5.41, 5.74) is 0.215. The van der Waals surface area contributed by atoms with E-state index < -0.39 is 5.97 Å². The van der Waals surface area contributed by atoms with Gasteiger partial charge in [0.25, 0.3) is 0 Å². The van der Waals surface area contributed by atoms with E-state index in [0.717, 1.165) is 38.9 Å². The number of piperidine rings is 3. The standard InChI is InChI=1S/C10H15NO2/c12-9(13)1-2-10-3-6-11(7-4-10)8-5-10/h1-2H,3-8H2,(H,12,13)/b2-1-. The molecular weight excluding hydrogens is 166 g/mol. The van der Waals surface area contributed by atoms with Gasteiger partial charge < -0.3 is 10.0 Å². The molecule has 72 valence electrons. The zero-order chi connectivity index (χ0) is 9.31. The van der Waals surface area contributed by atoms with Crippen LogP contribution in [0.2, 0.25) is 0 Å². The smallest absolute Gasteiger partial charge is 0.327 e. The van der Waals surface area contributed by atoms with Crippen LogP contribution in [0.5, 0.6) is 0 Å². The molecule has 1 N–H and O–H groups in total. The molecule has 3 heterocycles. The molecule has 0 amide bonds. The Kier molecular flexibility index (Phi) is 2.12. The zero-order valence-corrected chi connectivity index (χ0v) is 7.70. The van der Waals surface area contributed by atoms with Gasteiger partial charge in [0.15, 0.2) is 0 Å². The lowest BCUT2D eigenvalue weighted by atomic mass is 9.72. The Bertz CT molecular complexity index is 226. The molecule has 0 spiro atoms. The molecule has 3 aliphatic rings. The van der Waals surface area contributed by atoms with Gasteiger partial charge in [0, 0.05) is 6.08 Å². The maximum Gasteiger partial charge on any atom is 0.327 e. The van der Waals surface area contributed by atoms with Crippen molar-refractivity contribution in [3.63, 3.8) is 0 Å². The number of allylic oxidation sites excluding steroid dienone is 1. The lowest BCUT2D eigenvalue weighted by Crippen LogP contribution is -2.47. The van der Waals surface area contributed by atoms with Gasteiger partial charge in [-0.3, -0.25) is 0 Å². The molecule has 0 unspecified atom stereocenters. The summed E-state index contributed by atoms with van der Waals surface area (Å²) in [6.07, 6.45) is 6.65. The van der Waals surface area contributed by atoms with E-state index in [2.05, 4.69) is 4.90 Å². The molecule has 0 aliphatic carbocycles. The van der Waals surface area contributed by atoms with Crippen molar-refractivity contribution < 1.29 is 9.90 Å². The quantitative estimate of drug-likeness (QED) is 0.649. The molecule has 13 heavy (non-hydrogen) atoms. The normalized spacial score (nSPS) is 38.3. The Morgan fingerprint density at radius 2 is 1.77 bits per heavy atom. The molecule has 3 aliphatic heterocycles. The average Bonchev–Trinajstić information content (AvgIpc) is 2.18. The van der Waals surface area contributed by atoms with Gasteiger partial charge in [-0.2, -0.15) is 0 Å². The number of carbonyl (C=O) groups is 1. The van der Waals surface area contributed by atoms with Gasteiger partial charge in [0.1, 0.15) is 0 Å². The van der Waals surface area contributed by atoms with Crippen molar-refractivity contribution in [3.05, 3.63) is 12.2 Å². The molecule has 0 radical (unpaired) electrons. The maximum atomic E-state index is 10.4. The predicted octanol–water partition coefficient (Wildman–Crippen LogP) is 1.11. The Morgan fingerprint density at radius 3 is 2.23 bits per heavy atom. The van der Waals surface area contributed by atoms with E-state index >= 15 is 0 Å². The van der Waals surface area contributed by atoms with E-state index in [1.807, 2.05) is 6.08 Å². The van der Waals surface area contributed by atoms with Crippen LogP contribution in [0.4, 0.5) is 0 Å². The van der Waals surface area contributed by atoms with Gasteiger partial charge >= 0.3 is 5.97 Å². The summed E-state index contributed by atoms with van der Waals surface area (Å²) in [4.78, 5) is 12.9. The molecule has 3 nitrogen and oxygen atoms in total. The van der Waals surface area contributed by atoms with Crippen molar-refractivity contribution >= 4 is 5.97 Å². The van der Waals surface area contributed by atoms with Gasteiger partial charge in [-0.1, -0.05) is 6.08 Å². The highest BCUT2D eigenvalue weighted by atomic mass is 16.4. The number of hydrogen-bond donors (Lipinski definition) is 1. The first kappa shape index (κ1) is 8.75. The fourth-order valence-corrected chi connectivity index (χ4v) is 2.35. The molecule has 0 aromatic heterocycles. The van der Waals surface area contributed by atoms with Crippen LogP contribution in [0.15, 0.2) is 12.2 Å². The number of carboxylic acids is 1. The summed E-state index contributed by atoms with van der Waals surface area (Å²) < 4.78 is 0. The third kappa shape index (κ3) is 1.75. The minimum atomic E-state index is -0.817. The highest BCUT2D eigenvalue weighted by molar-refractivity contribution is 5.79. The van der Waals surface area contributed by atoms with Crippen LogP contribution in [0, 0.1) is 5.41 Å². The van der Waals surface area contributed by atoms with Gasteiger partial charge in [-0.25, -0.2) is 4.79 Å². The van der Waals surface area contributed by atoms with Crippen LogP contribution in [-0.2, 0) is 4.79 Å². The number of rotatable bonds is 2. The molecule has 3 heteroatoms. The van der Waals surface area contributed by atoms with Crippen LogP contribution < -0.4 is 0 Å². The van der Waals surface area contributed by atoms with Gasteiger partial charge in [-0.15, -0.1) is 0 Å². The van der Waals surface area contributed by atoms with Crippen LogP contribution in [0.25, 0.3) is 0 Å². The van der Waals surface area contributed by atoms with Crippen molar-refractivity contribution in [2.24, 2.45) is 5.41 Å². The zero-order valence-electron chi connectivity index (χ0n) is 7.70.